The Morgan fingerprint density at radius 3 is 2.41 bits per heavy atom. The molecular weight excluding hydrogens is 438 g/mol. The number of hydrogen-bond donors (Lipinski definition) is 1. The lowest BCUT2D eigenvalue weighted by atomic mass is 9.87. The van der Waals surface area contributed by atoms with Crippen molar-refractivity contribution in [3.8, 4) is 11.5 Å². The second-order valence-corrected chi connectivity index (χ2v) is 7.73. The van der Waals surface area contributed by atoms with Crippen molar-refractivity contribution in [2.75, 3.05) is 26.1 Å². The molecule has 8 heteroatoms. The second-order valence-electron chi connectivity index (χ2n) is 7.32. The van der Waals surface area contributed by atoms with Crippen LogP contribution in [0.15, 0.2) is 54.6 Å². The van der Waals surface area contributed by atoms with E-state index in [9.17, 15) is 9.18 Å². The molecule has 0 saturated heterocycles. The Bertz CT molecular complexity index is 1130. The van der Waals surface area contributed by atoms with Gasteiger partial charge in [0.1, 0.15) is 11.6 Å². The molecule has 1 aliphatic heterocycles. The molecule has 0 aromatic heterocycles. The van der Waals surface area contributed by atoms with Crippen LogP contribution >= 0.6 is 11.6 Å². The molecule has 1 atom stereocenters. The van der Waals surface area contributed by atoms with E-state index in [0.29, 0.717) is 35.7 Å². The smallest absolute Gasteiger partial charge is 0.322 e. The van der Waals surface area contributed by atoms with Gasteiger partial charge in [0.25, 0.3) is 0 Å². The number of ether oxygens (including phenoxy) is 2. The summed E-state index contributed by atoms with van der Waals surface area (Å²) in [5.74, 6) is 0.0787. The number of benzene rings is 3. The molecule has 166 valence electrons. The molecule has 3 aromatic carbocycles. The highest BCUT2D eigenvalue weighted by Gasteiger charge is 2.36. The van der Waals surface area contributed by atoms with Crippen molar-refractivity contribution in [3.05, 3.63) is 87.9 Å². The van der Waals surface area contributed by atoms with Crippen molar-refractivity contribution in [2.24, 2.45) is 0 Å². The summed E-state index contributed by atoms with van der Waals surface area (Å²) < 4.78 is 39.1. The van der Waals surface area contributed by atoms with Gasteiger partial charge in [0.05, 0.1) is 20.3 Å². The molecule has 1 N–H and O–H groups in total. The average molecular weight is 459 g/mol. The highest BCUT2D eigenvalue weighted by molar-refractivity contribution is 6.31. The Balaban J connectivity index is 1.82. The van der Waals surface area contributed by atoms with Gasteiger partial charge in [-0.3, -0.25) is 0 Å². The van der Waals surface area contributed by atoms with Gasteiger partial charge in [0.2, 0.25) is 0 Å². The minimum atomic E-state index is -0.798. The number of halogens is 3. The number of amides is 2. The number of nitrogens with zero attached hydrogens (tertiary/aromatic N) is 1. The number of fused-ring (bicyclic) bond motifs is 1. The highest BCUT2D eigenvalue weighted by atomic mass is 35.5. The van der Waals surface area contributed by atoms with E-state index in [1.807, 2.05) is 6.07 Å². The molecule has 0 spiro atoms. The van der Waals surface area contributed by atoms with Gasteiger partial charge < -0.3 is 19.7 Å². The Labute approximate surface area is 189 Å². The van der Waals surface area contributed by atoms with Crippen LogP contribution in [0.3, 0.4) is 0 Å². The molecule has 5 nitrogen and oxygen atoms in total. The highest BCUT2D eigenvalue weighted by Crippen LogP contribution is 2.43. The molecule has 3 aromatic rings. The fourth-order valence-corrected chi connectivity index (χ4v) is 4.24. The fraction of sp³-hybridized carbons (Fsp3) is 0.208. The lowest BCUT2D eigenvalue weighted by molar-refractivity contribution is 0.192. The van der Waals surface area contributed by atoms with E-state index >= 15 is 4.39 Å². The summed E-state index contributed by atoms with van der Waals surface area (Å²) in [6.45, 7) is 0.310. The van der Waals surface area contributed by atoms with Gasteiger partial charge >= 0.3 is 6.03 Å². The van der Waals surface area contributed by atoms with Crippen molar-refractivity contribution in [2.45, 2.75) is 12.5 Å². The fourth-order valence-electron chi connectivity index (χ4n) is 3.98. The molecule has 1 heterocycles. The predicted octanol–water partition coefficient (Wildman–Crippen LogP) is 5.82. The molecule has 0 saturated carbocycles. The first-order valence-corrected chi connectivity index (χ1v) is 10.3. The van der Waals surface area contributed by atoms with Crippen LogP contribution < -0.4 is 14.8 Å². The van der Waals surface area contributed by atoms with Crippen LogP contribution in [0, 0.1) is 11.6 Å². The minimum absolute atomic E-state index is 0.191. The molecule has 0 unspecified atom stereocenters. The second kappa shape index (κ2) is 9.04. The van der Waals surface area contributed by atoms with Gasteiger partial charge in [0.15, 0.2) is 11.5 Å². The molecule has 2 amide bonds. The topological polar surface area (TPSA) is 50.8 Å². The van der Waals surface area contributed by atoms with E-state index in [0.717, 1.165) is 5.56 Å². The summed E-state index contributed by atoms with van der Waals surface area (Å²) in [5.41, 5.74) is 2.21. The summed E-state index contributed by atoms with van der Waals surface area (Å²) >= 11 is 6.41. The molecule has 1 aliphatic rings. The van der Waals surface area contributed by atoms with Gasteiger partial charge in [-0.05, 0) is 66.1 Å². The third-order valence-electron chi connectivity index (χ3n) is 5.50. The molecule has 32 heavy (non-hydrogen) atoms. The number of urea groups is 1. The average Bonchev–Trinajstić information content (AvgIpc) is 2.79. The van der Waals surface area contributed by atoms with Crippen LogP contribution in [0.25, 0.3) is 0 Å². The van der Waals surface area contributed by atoms with Crippen LogP contribution in [-0.4, -0.2) is 31.7 Å². The number of nitrogens with one attached hydrogen (secondary N) is 1. The molecule has 0 radical (unpaired) electrons. The first-order chi connectivity index (χ1) is 15.4. The molecule has 0 bridgehead atoms. The Morgan fingerprint density at radius 1 is 1.06 bits per heavy atom. The zero-order chi connectivity index (χ0) is 22.8. The first-order valence-electron chi connectivity index (χ1n) is 9.94. The van der Waals surface area contributed by atoms with Crippen LogP contribution in [0.5, 0.6) is 11.5 Å². The predicted molar refractivity (Wildman–Crippen MR) is 119 cm³/mol. The molecule has 4 rings (SSSR count). The standard InChI is InChI=1S/C24H21ClF2N2O3/c1-31-20-12-14-10-11-29(24(30)28-16-8-6-15(26)7-9-16)23(17(14)13-21(20)32-2)22-18(25)4-3-5-19(22)27/h3-9,12-13,23H,10-11H2,1-2H3,(H,28,30)/t23-/m1/s1. The van der Waals surface area contributed by atoms with E-state index < -0.39 is 23.7 Å². The maximum Gasteiger partial charge on any atom is 0.322 e. The number of carbonyl (C=O) groups excluding carboxylic acids is 1. The van der Waals surface area contributed by atoms with Crippen molar-refractivity contribution >= 4 is 23.3 Å². The zero-order valence-electron chi connectivity index (χ0n) is 17.5. The van der Waals surface area contributed by atoms with Crippen LogP contribution in [0.2, 0.25) is 5.02 Å². The Kier molecular flexibility index (Phi) is 6.19. The van der Waals surface area contributed by atoms with Gasteiger partial charge in [-0.15, -0.1) is 0 Å². The number of anilines is 1. The van der Waals surface area contributed by atoms with Gasteiger partial charge in [-0.25, -0.2) is 13.6 Å². The third-order valence-corrected chi connectivity index (χ3v) is 5.83. The maximum atomic E-state index is 15.0. The van der Waals surface area contributed by atoms with E-state index in [1.165, 1.54) is 48.4 Å². The van der Waals surface area contributed by atoms with Crippen LogP contribution in [0.4, 0.5) is 19.3 Å². The lowest BCUT2D eigenvalue weighted by Crippen LogP contribution is -2.43. The van der Waals surface area contributed by atoms with E-state index in [1.54, 1.807) is 19.2 Å². The minimum Gasteiger partial charge on any atom is -0.493 e. The quantitative estimate of drug-likeness (QED) is 0.536. The Hall–Kier alpha value is -3.32. The summed E-state index contributed by atoms with van der Waals surface area (Å²) in [5, 5.41) is 2.96. The van der Waals surface area contributed by atoms with Crippen LogP contribution in [0.1, 0.15) is 22.7 Å². The summed E-state index contributed by atoms with van der Waals surface area (Å²) in [6, 6.07) is 12.2. The van der Waals surface area contributed by atoms with E-state index in [4.69, 9.17) is 21.1 Å². The Morgan fingerprint density at radius 2 is 1.75 bits per heavy atom. The van der Waals surface area contributed by atoms with Crippen molar-refractivity contribution in [1.29, 1.82) is 0 Å². The number of carbonyl (C=O) groups is 1. The summed E-state index contributed by atoms with van der Waals surface area (Å²) in [7, 11) is 3.05. The lowest BCUT2D eigenvalue weighted by Gasteiger charge is -2.38. The number of rotatable bonds is 4. The summed E-state index contributed by atoms with van der Waals surface area (Å²) in [4.78, 5) is 14.8. The van der Waals surface area contributed by atoms with Gasteiger partial charge in [-0.2, -0.15) is 0 Å². The van der Waals surface area contributed by atoms with Crippen molar-refractivity contribution < 1.29 is 23.0 Å². The van der Waals surface area contributed by atoms with Gasteiger partial charge in [0, 0.05) is 22.8 Å². The third kappa shape index (κ3) is 4.08. The van der Waals surface area contributed by atoms with E-state index in [2.05, 4.69) is 5.32 Å². The van der Waals surface area contributed by atoms with E-state index in [-0.39, 0.29) is 10.6 Å². The van der Waals surface area contributed by atoms with Crippen molar-refractivity contribution in [1.82, 2.24) is 4.90 Å². The normalized spacial score (nSPS) is 15.2. The van der Waals surface area contributed by atoms with Gasteiger partial charge in [-0.1, -0.05) is 17.7 Å². The maximum absolute atomic E-state index is 15.0. The van der Waals surface area contributed by atoms with Crippen molar-refractivity contribution in [3.63, 3.8) is 0 Å². The number of methoxy groups -OCH3 is 2. The molecule has 0 aliphatic carbocycles. The largest absolute Gasteiger partial charge is 0.493 e. The zero-order valence-corrected chi connectivity index (χ0v) is 18.2. The molecule has 0 fully saturated rings. The summed E-state index contributed by atoms with van der Waals surface area (Å²) in [6.07, 6.45) is 0.523. The SMILES string of the molecule is COc1cc2c(cc1OC)[C@H](c1c(F)cccc1Cl)N(C(=O)Nc1ccc(F)cc1)CC2. The molecular formula is C24H21ClF2N2O3. The monoisotopic (exact) mass is 458 g/mol. The number of hydrogen-bond acceptors (Lipinski definition) is 3. The van der Waals surface area contributed by atoms with Crippen LogP contribution in [-0.2, 0) is 6.42 Å². The first kappa shape index (κ1) is 21.9.